The third-order valence-corrected chi connectivity index (χ3v) is 2.59. The van der Waals surface area contributed by atoms with E-state index in [2.05, 4.69) is 0 Å². The summed E-state index contributed by atoms with van der Waals surface area (Å²) in [5.74, 6) is -1.08. The van der Waals surface area contributed by atoms with Crippen molar-refractivity contribution in [1.29, 1.82) is 0 Å². The van der Waals surface area contributed by atoms with Gasteiger partial charge in [-0.15, -0.1) is 0 Å². The number of aldehydes is 1. The Bertz CT molecular complexity index is 288. The molecule has 0 bridgehead atoms. The van der Waals surface area contributed by atoms with Crippen LogP contribution in [0.25, 0.3) is 0 Å². The van der Waals surface area contributed by atoms with Gasteiger partial charge in [0, 0.05) is 18.6 Å². The molecule has 15 heavy (non-hydrogen) atoms. The first-order chi connectivity index (χ1) is 6.99. The third kappa shape index (κ3) is 2.16. The van der Waals surface area contributed by atoms with Gasteiger partial charge in [0.1, 0.15) is 6.29 Å². The van der Waals surface area contributed by atoms with Crippen molar-refractivity contribution in [2.75, 3.05) is 13.1 Å². The molecule has 0 aromatic rings. The average molecular weight is 212 g/mol. The molecule has 2 amide bonds. The third-order valence-electron chi connectivity index (χ3n) is 2.59. The molecule has 5 heteroatoms. The Labute approximate surface area is 89.0 Å². The van der Waals surface area contributed by atoms with Gasteiger partial charge < -0.3 is 14.6 Å². The van der Waals surface area contributed by atoms with Crippen molar-refractivity contribution in [1.82, 2.24) is 9.80 Å². The number of piperazine rings is 1. The maximum Gasteiger partial charge on any atom is 0.312 e. The second-order valence-corrected chi connectivity index (χ2v) is 4.02. The largest absolute Gasteiger partial charge is 0.330 e. The minimum absolute atomic E-state index is 0.00231. The summed E-state index contributed by atoms with van der Waals surface area (Å²) in [6.45, 7) is 6.07. The summed E-state index contributed by atoms with van der Waals surface area (Å²) in [5.41, 5.74) is 0. The smallest absolute Gasteiger partial charge is 0.312 e. The molecule has 84 valence electrons. The number of rotatable bonds is 3. The summed E-state index contributed by atoms with van der Waals surface area (Å²) in [5, 5.41) is 0. The summed E-state index contributed by atoms with van der Waals surface area (Å²) in [6.07, 6.45) is 0.646. The first-order valence-electron chi connectivity index (χ1n) is 5.04. The van der Waals surface area contributed by atoms with Crippen LogP contribution in [0.15, 0.2) is 0 Å². The molecule has 1 rings (SSSR count). The Kier molecular flexibility index (Phi) is 3.44. The molecule has 1 aliphatic rings. The van der Waals surface area contributed by atoms with E-state index in [9.17, 15) is 14.4 Å². The van der Waals surface area contributed by atoms with Crippen LogP contribution in [0, 0.1) is 0 Å². The molecule has 0 aromatic carbocycles. The standard InChI is InChI=1S/C10H16N2O3/c1-7(2)12-6-8(3)11(4-5-13)9(14)10(12)15/h5,7-8H,4,6H2,1-3H3. The first kappa shape index (κ1) is 11.7. The van der Waals surface area contributed by atoms with Gasteiger partial charge in [-0.2, -0.15) is 0 Å². The zero-order valence-electron chi connectivity index (χ0n) is 9.27. The molecule has 1 saturated heterocycles. The molecule has 1 fully saturated rings. The van der Waals surface area contributed by atoms with E-state index in [0.29, 0.717) is 12.8 Å². The van der Waals surface area contributed by atoms with Crippen LogP contribution in [-0.4, -0.2) is 53.1 Å². The van der Waals surface area contributed by atoms with Crippen molar-refractivity contribution in [3.63, 3.8) is 0 Å². The molecule has 1 heterocycles. The molecule has 0 radical (unpaired) electrons. The van der Waals surface area contributed by atoms with Crippen LogP contribution >= 0.6 is 0 Å². The van der Waals surface area contributed by atoms with Crippen LogP contribution in [0.2, 0.25) is 0 Å². The van der Waals surface area contributed by atoms with Crippen molar-refractivity contribution < 1.29 is 14.4 Å². The second kappa shape index (κ2) is 4.42. The molecule has 1 aliphatic heterocycles. The Morgan fingerprint density at radius 2 is 2.00 bits per heavy atom. The predicted octanol–water partition coefficient (Wildman–Crippen LogP) is -0.347. The fraction of sp³-hybridized carbons (Fsp3) is 0.700. The van der Waals surface area contributed by atoms with E-state index in [-0.39, 0.29) is 18.6 Å². The van der Waals surface area contributed by atoms with E-state index in [1.807, 2.05) is 20.8 Å². The number of hydrogen-bond donors (Lipinski definition) is 0. The van der Waals surface area contributed by atoms with E-state index in [0.717, 1.165) is 0 Å². The van der Waals surface area contributed by atoms with E-state index in [1.165, 1.54) is 9.80 Å². The highest BCUT2D eigenvalue weighted by Gasteiger charge is 2.37. The molecule has 1 atom stereocenters. The van der Waals surface area contributed by atoms with Crippen LogP contribution in [0.4, 0.5) is 0 Å². The molecular weight excluding hydrogens is 196 g/mol. The van der Waals surface area contributed by atoms with Gasteiger partial charge in [-0.25, -0.2) is 0 Å². The van der Waals surface area contributed by atoms with Crippen molar-refractivity contribution in [3.8, 4) is 0 Å². The molecule has 1 unspecified atom stereocenters. The molecule has 0 aromatic heterocycles. The van der Waals surface area contributed by atoms with Crippen LogP contribution in [0.1, 0.15) is 20.8 Å². The van der Waals surface area contributed by atoms with Gasteiger partial charge in [0.25, 0.3) is 0 Å². The Hall–Kier alpha value is -1.39. The lowest BCUT2D eigenvalue weighted by molar-refractivity contribution is -0.160. The van der Waals surface area contributed by atoms with Crippen LogP contribution in [0.3, 0.4) is 0 Å². The number of nitrogens with zero attached hydrogens (tertiary/aromatic N) is 2. The number of carbonyl (C=O) groups is 3. The lowest BCUT2D eigenvalue weighted by Crippen LogP contribution is -2.60. The summed E-state index contributed by atoms with van der Waals surface area (Å²) in [7, 11) is 0. The molecule has 0 N–H and O–H groups in total. The lowest BCUT2D eigenvalue weighted by atomic mass is 10.1. The Morgan fingerprint density at radius 1 is 1.40 bits per heavy atom. The molecular formula is C10H16N2O3. The second-order valence-electron chi connectivity index (χ2n) is 4.02. The molecule has 0 aliphatic carbocycles. The number of amides is 2. The molecule has 0 spiro atoms. The van der Waals surface area contributed by atoms with Crippen molar-refractivity contribution in [3.05, 3.63) is 0 Å². The summed E-state index contributed by atoms with van der Waals surface area (Å²) >= 11 is 0. The van der Waals surface area contributed by atoms with Crippen LogP contribution in [0.5, 0.6) is 0 Å². The number of hydrogen-bond acceptors (Lipinski definition) is 3. The van der Waals surface area contributed by atoms with Gasteiger partial charge >= 0.3 is 11.8 Å². The molecule has 0 saturated carbocycles. The quantitative estimate of drug-likeness (QED) is 0.475. The first-order valence-corrected chi connectivity index (χ1v) is 5.04. The van der Waals surface area contributed by atoms with Crippen molar-refractivity contribution in [2.24, 2.45) is 0 Å². The van der Waals surface area contributed by atoms with Gasteiger partial charge in [0.2, 0.25) is 0 Å². The topological polar surface area (TPSA) is 57.7 Å². The van der Waals surface area contributed by atoms with Crippen LogP contribution < -0.4 is 0 Å². The Balaban J connectivity index is 2.83. The van der Waals surface area contributed by atoms with E-state index >= 15 is 0 Å². The average Bonchev–Trinajstić information content (AvgIpc) is 2.18. The SMILES string of the molecule is CC(C)N1CC(C)N(CC=O)C(=O)C1=O. The van der Waals surface area contributed by atoms with Gasteiger partial charge in [0.05, 0.1) is 6.54 Å². The van der Waals surface area contributed by atoms with E-state index < -0.39 is 11.8 Å². The highest BCUT2D eigenvalue weighted by Crippen LogP contribution is 2.13. The van der Waals surface area contributed by atoms with Crippen LogP contribution in [-0.2, 0) is 14.4 Å². The summed E-state index contributed by atoms with van der Waals surface area (Å²) < 4.78 is 0. The normalized spacial score (nSPS) is 22.5. The summed E-state index contributed by atoms with van der Waals surface area (Å²) in [4.78, 5) is 36.4. The minimum Gasteiger partial charge on any atom is -0.330 e. The Morgan fingerprint density at radius 3 is 2.47 bits per heavy atom. The van der Waals surface area contributed by atoms with E-state index in [4.69, 9.17) is 0 Å². The highest BCUT2D eigenvalue weighted by molar-refractivity contribution is 6.35. The van der Waals surface area contributed by atoms with Gasteiger partial charge in [-0.3, -0.25) is 9.59 Å². The lowest BCUT2D eigenvalue weighted by Gasteiger charge is -2.39. The minimum atomic E-state index is -0.574. The summed E-state index contributed by atoms with van der Waals surface area (Å²) in [6, 6.07) is -0.0786. The van der Waals surface area contributed by atoms with Gasteiger partial charge in [-0.05, 0) is 20.8 Å². The zero-order chi connectivity index (χ0) is 11.6. The monoisotopic (exact) mass is 212 g/mol. The van der Waals surface area contributed by atoms with Crippen molar-refractivity contribution in [2.45, 2.75) is 32.9 Å². The number of carbonyl (C=O) groups excluding carboxylic acids is 3. The maximum absolute atomic E-state index is 11.6. The fourth-order valence-corrected chi connectivity index (χ4v) is 1.70. The van der Waals surface area contributed by atoms with Crippen molar-refractivity contribution >= 4 is 18.1 Å². The maximum atomic E-state index is 11.6. The van der Waals surface area contributed by atoms with Gasteiger partial charge in [-0.1, -0.05) is 0 Å². The van der Waals surface area contributed by atoms with Gasteiger partial charge in [0.15, 0.2) is 0 Å². The predicted molar refractivity (Wildman–Crippen MR) is 54.1 cm³/mol. The van der Waals surface area contributed by atoms with E-state index in [1.54, 1.807) is 0 Å². The highest BCUT2D eigenvalue weighted by atomic mass is 16.2. The zero-order valence-corrected chi connectivity index (χ0v) is 9.27. The fourth-order valence-electron chi connectivity index (χ4n) is 1.70. The molecule has 5 nitrogen and oxygen atoms in total.